The van der Waals surface area contributed by atoms with Crippen molar-refractivity contribution in [2.75, 3.05) is 6.54 Å². The molecular formula is C17H32N4. The van der Waals surface area contributed by atoms with Gasteiger partial charge in [0, 0.05) is 19.0 Å². The maximum absolute atomic E-state index is 4.53. The van der Waals surface area contributed by atoms with Crippen LogP contribution in [0.15, 0.2) is 6.33 Å². The van der Waals surface area contributed by atoms with Gasteiger partial charge in [0.15, 0.2) is 0 Å². The van der Waals surface area contributed by atoms with E-state index in [0.29, 0.717) is 17.9 Å². The van der Waals surface area contributed by atoms with Gasteiger partial charge in [-0.15, -0.1) is 0 Å². The molecule has 1 aromatic rings. The van der Waals surface area contributed by atoms with E-state index in [4.69, 9.17) is 0 Å². The molecule has 21 heavy (non-hydrogen) atoms. The fourth-order valence-electron chi connectivity index (χ4n) is 3.50. The van der Waals surface area contributed by atoms with Crippen LogP contribution in [-0.4, -0.2) is 27.4 Å². The minimum absolute atomic E-state index is 0.616. The summed E-state index contributed by atoms with van der Waals surface area (Å²) < 4.78 is 2.11. The molecule has 1 aromatic heterocycles. The smallest absolute Gasteiger partial charge is 0.138 e. The molecule has 3 unspecified atom stereocenters. The van der Waals surface area contributed by atoms with Gasteiger partial charge in [-0.1, -0.05) is 27.7 Å². The lowest BCUT2D eigenvalue weighted by Crippen LogP contribution is -2.42. The molecule has 0 saturated heterocycles. The fourth-order valence-corrected chi connectivity index (χ4v) is 3.50. The van der Waals surface area contributed by atoms with E-state index in [1.54, 1.807) is 6.33 Å². The van der Waals surface area contributed by atoms with E-state index in [0.717, 1.165) is 25.4 Å². The summed E-state index contributed by atoms with van der Waals surface area (Å²) in [5.74, 6) is 3.34. The summed E-state index contributed by atoms with van der Waals surface area (Å²) in [6.45, 7) is 11.2. The van der Waals surface area contributed by atoms with Crippen molar-refractivity contribution in [1.82, 2.24) is 20.1 Å². The molecular weight excluding hydrogens is 260 g/mol. The van der Waals surface area contributed by atoms with Gasteiger partial charge in [-0.2, -0.15) is 5.10 Å². The van der Waals surface area contributed by atoms with Crippen LogP contribution in [-0.2, 0) is 13.0 Å². The Hall–Kier alpha value is -0.900. The first-order valence-corrected chi connectivity index (χ1v) is 8.70. The van der Waals surface area contributed by atoms with E-state index in [1.165, 1.54) is 31.5 Å². The van der Waals surface area contributed by atoms with Crippen LogP contribution in [0.2, 0.25) is 0 Å². The summed E-state index contributed by atoms with van der Waals surface area (Å²) in [5, 5.41) is 8.17. The van der Waals surface area contributed by atoms with Crippen LogP contribution in [0.25, 0.3) is 0 Å². The van der Waals surface area contributed by atoms with E-state index < -0.39 is 0 Å². The zero-order valence-electron chi connectivity index (χ0n) is 14.2. The van der Waals surface area contributed by atoms with Crippen molar-refractivity contribution >= 4 is 0 Å². The molecule has 0 aromatic carbocycles. The van der Waals surface area contributed by atoms with E-state index >= 15 is 0 Å². The van der Waals surface area contributed by atoms with Crippen molar-refractivity contribution in [3.05, 3.63) is 12.2 Å². The van der Waals surface area contributed by atoms with Crippen LogP contribution in [0.5, 0.6) is 0 Å². The van der Waals surface area contributed by atoms with Gasteiger partial charge in [-0.3, -0.25) is 0 Å². The van der Waals surface area contributed by atoms with Crippen molar-refractivity contribution in [2.45, 2.75) is 72.4 Å². The van der Waals surface area contributed by atoms with Crippen LogP contribution in [0, 0.1) is 17.8 Å². The lowest BCUT2D eigenvalue weighted by atomic mass is 9.77. The molecule has 1 aliphatic carbocycles. The van der Waals surface area contributed by atoms with Gasteiger partial charge >= 0.3 is 0 Å². The van der Waals surface area contributed by atoms with Crippen LogP contribution in [0.4, 0.5) is 0 Å². The van der Waals surface area contributed by atoms with Gasteiger partial charge in [-0.25, -0.2) is 9.67 Å². The number of rotatable bonds is 7. The van der Waals surface area contributed by atoms with Crippen LogP contribution in [0.3, 0.4) is 0 Å². The molecule has 1 aliphatic rings. The Bertz CT molecular complexity index is 411. The predicted octanol–water partition coefficient (Wildman–Crippen LogP) is 3.28. The average Bonchev–Trinajstić information content (AvgIpc) is 2.84. The lowest BCUT2D eigenvalue weighted by molar-refractivity contribution is 0.207. The number of hydrogen-bond donors (Lipinski definition) is 1. The molecule has 1 heterocycles. The summed E-state index contributed by atoms with van der Waals surface area (Å²) in [4.78, 5) is 4.53. The molecule has 4 heteroatoms. The monoisotopic (exact) mass is 292 g/mol. The highest BCUT2D eigenvalue weighted by molar-refractivity contribution is 4.94. The molecule has 2 rings (SSSR count). The quantitative estimate of drug-likeness (QED) is 0.838. The summed E-state index contributed by atoms with van der Waals surface area (Å²) in [7, 11) is 0. The number of hydrogen-bond acceptors (Lipinski definition) is 3. The van der Waals surface area contributed by atoms with Crippen LogP contribution >= 0.6 is 0 Å². The Morgan fingerprint density at radius 2 is 2.19 bits per heavy atom. The van der Waals surface area contributed by atoms with E-state index in [-0.39, 0.29) is 0 Å². The lowest BCUT2D eigenvalue weighted by Gasteiger charge is -2.35. The van der Waals surface area contributed by atoms with Crippen molar-refractivity contribution in [1.29, 1.82) is 0 Å². The SMILES string of the molecule is CCCNC1CCC(C)CC1Cc1ncnn1CC(C)C. The Kier molecular flexibility index (Phi) is 6.22. The van der Waals surface area contributed by atoms with Crippen molar-refractivity contribution in [2.24, 2.45) is 17.8 Å². The number of aromatic nitrogens is 3. The summed E-state index contributed by atoms with van der Waals surface area (Å²) in [6.07, 6.45) is 7.98. The zero-order chi connectivity index (χ0) is 15.2. The zero-order valence-corrected chi connectivity index (χ0v) is 14.2. The van der Waals surface area contributed by atoms with Gasteiger partial charge in [0.05, 0.1) is 0 Å². The largest absolute Gasteiger partial charge is 0.314 e. The average molecular weight is 292 g/mol. The molecule has 0 aliphatic heterocycles. The maximum Gasteiger partial charge on any atom is 0.138 e. The van der Waals surface area contributed by atoms with E-state index in [2.05, 4.69) is 47.8 Å². The highest BCUT2D eigenvalue weighted by Crippen LogP contribution is 2.31. The van der Waals surface area contributed by atoms with Gasteiger partial charge in [0.2, 0.25) is 0 Å². The van der Waals surface area contributed by atoms with Gasteiger partial charge in [-0.05, 0) is 50.0 Å². The van der Waals surface area contributed by atoms with Crippen molar-refractivity contribution in [3.63, 3.8) is 0 Å². The van der Waals surface area contributed by atoms with Crippen molar-refractivity contribution in [3.8, 4) is 0 Å². The summed E-state index contributed by atoms with van der Waals surface area (Å²) >= 11 is 0. The summed E-state index contributed by atoms with van der Waals surface area (Å²) in [5.41, 5.74) is 0. The van der Waals surface area contributed by atoms with Gasteiger partial charge < -0.3 is 5.32 Å². The predicted molar refractivity (Wildman–Crippen MR) is 87.2 cm³/mol. The van der Waals surface area contributed by atoms with Gasteiger partial charge in [0.1, 0.15) is 12.2 Å². The molecule has 0 radical (unpaired) electrons. The molecule has 1 saturated carbocycles. The highest BCUT2D eigenvalue weighted by Gasteiger charge is 2.29. The first kappa shape index (κ1) is 16.5. The molecule has 0 amide bonds. The minimum atomic E-state index is 0.616. The van der Waals surface area contributed by atoms with Crippen LogP contribution < -0.4 is 5.32 Å². The van der Waals surface area contributed by atoms with E-state index in [1.807, 2.05) is 0 Å². The Balaban J connectivity index is 2.02. The molecule has 120 valence electrons. The van der Waals surface area contributed by atoms with Gasteiger partial charge in [0.25, 0.3) is 0 Å². The first-order chi connectivity index (χ1) is 10.1. The first-order valence-electron chi connectivity index (χ1n) is 8.70. The third kappa shape index (κ3) is 4.80. The second-order valence-corrected chi connectivity index (χ2v) is 7.20. The molecule has 0 spiro atoms. The highest BCUT2D eigenvalue weighted by atomic mass is 15.3. The Labute approximate surface area is 129 Å². The number of nitrogens with one attached hydrogen (secondary N) is 1. The molecule has 0 bridgehead atoms. The molecule has 1 fully saturated rings. The number of nitrogens with zero attached hydrogens (tertiary/aromatic N) is 3. The standard InChI is InChI=1S/C17H32N4/c1-5-8-18-16-7-6-14(4)9-15(16)10-17-19-12-20-21(17)11-13(2)3/h12-16,18H,5-11H2,1-4H3. The van der Waals surface area contributed by atoms with Crippen molar-refractivity contribution < 1.29 is 0 Å². The Morgan fingerprint density at radius 1 is 1.38 bits per heavy atom. The third-order valence-corrected chi connectivity index (χ3v) is 4.58. The minimum Gasteiger partial charge on any atom is -0.314 e. The van der Waals surface area contributed by atoms with E-state index in [9.17, 15) is 0 Å². The fraction of sp³-hybridized carbons (Fsp3) is 0.882. The molecule has 3 atom stereocenters. The molecule has 1 N–H and O–H groups in total. The second kappa shape index (κ2) is 7.92. The Morgan fingerprint density at radius 3 is 2.90 bits per heavy atom. The topological polar surface area (TPSA) is 42.7 Å². The second-order valence-electron chi connectivity index (χ2n) is 7.20. The normalized spacial score (nSPS) is 26.4. The van der Waals surface area contributed by atoms with Crippen LogP contribution in [0.1, 0.15) is 59.2 Å². The maximum atomic E-state index is 4.53. The third-order valence-electron chi connectivity index (χ3n) is 4.58. The molecule has 4 nitrogen and oxygen atoms in total. The summed E-state index contributed by atoms with van der Waals surface area (Å²) in [6, 6.07) is 0.658.